The summed E-state index contributed by atoms with van der Waals surface area (Å²) in [6.45, 7) is 0.123. The lowest BCUT2D eigenvalue weighted by molar-refractivity contribution is -0.131. The van der Waals surface area contributed by atoms with Gasteiger partial charge >= 0.3 is 5.97 Å². The van der Waals surface area contributed by atoms with E-state index in [9.17, 15) is 9.90 Å². The summed E-state index contributed by atoms with van der Waals surface area (Å²) in [4.78, 5) is 19.2. The molecule has 1 aliphatic heterocycles. The van der Waals surface area contributed by atoms with Crippen LogP contribution in [0.2, 0.25) is 5.02 Å². The summed E-state index contributed by atoms with van der Waals surface area (Å²) in [7, 11) is 0. The van der Waals surface area contributed by atoms with Crippen LogP contribution >= 0.6 is 23.4 Å². The normalized spacial score (nSPS) is 13.4. The first-order chi connectivity index (χ1) is 12.1. The van der Waals surface area contributed by atoms with E-state index in [-0.39, 0.29) is 11.7 Å². The molecular weight excluding hydrogens is 364 g/mol. The maximum absolute atomic E-state index is 11.6. The van der Waals surface area contributed by atoms with Gasteiger partial charge in [-0.25, -0.2) is 9.78 Å². The smallest absolute Gasteiger partial charge is 0.342 e. The Kier molecular flexibility index (Phi) is 4.03. The molecule has 1 aromatic heterocycles. The van der Waals surface area contributed by atoms with E-state index >= 15 is 0 Å². The number of imidazole rings is 1. The summed E-state index contributed by atoms with van der Waals surface area (Å²) in [6, 6.07) is 10.8. The van der Waals surface area contributed by atoms with Gasteiger partial charge in [0.25, 0.3) is 0 Å². The fourth-order valence-corrected chi connectivity index (χ4v) is 3.40. The third-order valence-electron chi connectivity index (χ3n) is 3.56. The van der Waals surface area contributed by atoms with Crippen molar-refractivity contribution in [3.8, 4) is 11.5 Å². The van der Waals surface area contributed by atoms with E-state index in [1.54, 1.807) is 12.1 Å². The fourth-order valence-electron chi connectivity index (χ4n) is 2.40. The van der Waals surface area contributed by atoms with Crippen LogP contribution in [-0.4, -0.2) is 27.8 Å². The lowest BCUT2D eigenvalue weighted by Crippen LogP contribution is -1.97. The maximum atomic E-state index is 11.6. The summed E-state index contributed by atoms with van der Waals surface area (Å²) in [5, 5.41) is 10.4. The second kappa shape index (κ2) is 6.34. The van der Waals surface area contributed by atoms with E-state index in [4.69, 9.17) is 21.1 Å². The maximum Gasteiger partial charge on any atom is 0.342 e. The van der Waals surface area contributed by atoms with Gasteiger partial charge in [-0.05, 0) is 41.6 Å². The van der Waals surface area contributed by atoms with Crippen LogP contribution in [0, 0.1) is 0 Å². The van der Waals surface area contributed by atoms with Crippen LogP contribution in [0.5, 0.6) is 11.5 Å². The van der Waals surface area contributed by atoms with Gasteiger partial charge in [0.1, 0.15) is 4.91 Å². The number of nitrogens with zero attached hydrogens (tertiary/aromatic N) is 1. The quantitative estimate of drug-likeness (QED) is 0.527. The fraction of sp³-hybridized carbons (Fsp3) is 0.0588. The van der Waals surface area contributed by atoms with Crippen molar-refractivity contribution in [2.45, 2.75) is 5.16 Å². The molecule has 0 atom stereocenters. The van der Waals surface area contributed by atoms with Crippen molar-refractivity contribution in [1.82, 2.24) is 9.97 Å². The number of halogens is 1. The second-order valence-electron chi connectivity index (χ2n) is 5.20. The molecule has 25 heavy (non-hydrogen) atoms. The minimum atomic E-state index is -1.07. The Morgan fingerprint density at radius 2 is 2.04 bits per heavy atom. The Hall–Kier alpha value is -2.64. The molecule has 8 heteroatoms. The van der Waals surface area contributed by atoms with Crippen molar-refractivity contribution in [2.24, 2.45) is 0 Å². The van der Waals surface area contributed by atoms with Gasteiger partial charge < -0.3 is 19.6 Å². The van der Waals surface area contributed by atoms with Crippen LogP contribution in [0.4, 0.5) is 0 Å². The Balaban J connectivity index is 1.69. The first-order valence-corrected chi connectivity index (χ1v) is 8.46. The van der Waals surface area contributed by atoms with Gasteiger partial charge in [0.15, 0.2) is 16.7 Å². The molecule has 0 saturated carbocycles. The van der Waals surface area contributed by atoms with Crippen molar-refractivity contribution in [2.75, 3.05) is 6.79 Å². The highest BCUT2D eigenvalue weighted by atomic mass is 35.5. The molecule has 0 saturated heterocycles. The lowest BCUT2D eigenvalue weighted by Gasteiger charge is -2.04. The number of thioether (sulfide) groups is 1. The summed E-state index contributed by atoms with van der Waals surface area (Å²) < 4.78 is 10.6. The predicted octanol–water partition coefficient (Wildman–Crippen LogP) is 4.16. The largest absolute Gasteiger partial charge is 0.477 e. The van der Waals surface area contributed by atoms with Gasteiger partial charge in [-0.1, -0.05) is 23.7 Å². The van der Waals surface area contributed by atoms with Gasteiger partial charge in [-0.15, -0.1) is 0 Å². The summed E-state index contributed by atoms with van der Waals surface area (Å²) >= 11 is 7.24. The molecular formula is C17H11ClN2O4S. The average Bonchev–Trinajstić information content (AvgIpc) is 3.19. The van der Waals surface area contributed by atoms with Crippen molar-refractivity contribution in [1.29, 1.82) is 0 Å². The van der Waals surface area contributed by atoms with Gasteiger partial charge in [-0.3, -0.25) is 0 Å². The van der Waals surface area contributed by atoms with Gasteiger partial charge in [0, 0.05) is 6.07 Å². The van der Waals surface area contributed by atoms with Crippen LogP contribution in [0.1, 0.15) is 5.56 Å². The first kappa shape index (κ1) is 15.9. The zero-order valence-corrected chi connectivity index (χ0v) is 14.2. The number of hydrogen-bond donors (Lipinski definition) is 2. The highest BCUT2D eigenvalue weighted by Gasteiger charge is 2.18. The lowest BCUT2D eigenvalue weighted by atomic mass is 10.2. The van der Waals surface area contributed by atoms with Crippen molar-refractivity contribution in [3.05, 3.63) is 51.9 Å². The number of benzene rings is 2. The molecule has 0 amide bonds. The number of fused-ring (bicyclic) bond motifs is 2. The number of nitrogens with one attached hydrogen (secondary N) is 1. The molecule has 2 heterocycles. The number of hydrogen-bond acceptors (Lipinski definition) is 5. The molecule has 3 aromatic rings. The highest BCUT2D eigenvalue weighted by Crippen LogP contribution is 2.38. The van der Waals surface area contributed by atoms with E-state index in [0.29, 0.717) is 27.2 Å². The number of ether oxygens (including phenoxy) is 2. The topological polar surface area (TPSA) is 84.4 Å². The molecule has 1 aliphatic rings. The van der Waals surface area contributed by atoms with Gasteiger partial charge in [0.2, 0.25) is 6.79 Å². The number of aromatic amines is 1. The second-order valence-corrected chi connectivity index (χ2v) is 6.64. The van der Waals surface area contributed by atoms with Crippen LogP contribution in [0.15, 0.2) is 46.5 Å². The van der Waals surface area contributed by atoms with Crippen molar-refractivity contribution < 1.29 is 19.4 Å². The van der Waals surface area contributed by atoms with Crippen LogP contribution in [-0.2, 0) is 4.79 Å². The van der Waals surface area contributed by atoms with E-state index in [0.717, 1.165) is 22.8 Å². The summed E-state index contributed by atoms with van der Waals surface area (Å²) in [5.41, 5.74) is 2.15. The van der Waals surface area contributed by atoms with Crippen LogP contribution < -0.4 is 9.47 Å². The Morgan fingerprint density at radius 3 is 2.80 bits per heavy atom. The number of aromatic nitrogens is 2. The van der Waals surface area contributed by atoms with Gasteiger partial charge in [-0.2, -0.15) is 0 Å². The molecule has 0 unspecified atom stereocenters. The minimum absolute atomic E-state index is 0.0832. The standard InChI is InChI=1S/C17H11ClN2O4S/c18-10-7-14-13(23-8-24-14)5-9(10)6-15(16(21)22)25-17-19-11-3-1-2-4-12(11)20-17/h1-7H,8H2,(H,19,20)(H,21,22)/b15-6-. The molecule has 2 aromatic carbocycles. The molecule has 2 N–H and O–H groups in total. The van der Waals surface area contributed by atoms with Crippen LogP contribution in [0.3, 0.4) is 0 Å². The Labute approximate surface area is 151 Å². The van der Waals surface area contributed by atoms with Crippen molar-refractivity contribution in [3.63, 3.8) is 0 Å². The highest BCUT2D eigenvalue weighted by molar-refractivity contribution is 8.04. The zero-order chi connectivity index (χ0) is 17.4. The monoisotopic (exact) mass is 374 g/mol. The molecule has 0 radical (unpaired) electrons. The van der Waals surface area contributed by atoms with E-state index in [2.05, 4.69) is 9.97 Å². The summed E-state index contributed by atoms with van der Waals surface area (Å²) in [5.74, 6) is 0.0114. The average molecular weight is 375 g/mol. The van der Waals surface area contributed by atoms with Crippen molar-refractivity contribution >= 4 is 46.4 Å². The van der Waals surface area contributed by atoms with E-state index in [1.807, 2.05) is 24.3 Å². The number of para-hydroxylation sites is 2. The molecule has 4 rings (SSSR count). The molecule has 0 aliphatic carbocycles. The summed E-state index contributed by atoms with van der Waals surface area (Å²) in [6.07, 6.45) is 1.49. The number of carboxylic acids is 1. The van der Waals surface area contributed by atoms with E-state index in [1.165, 1.54) is 6.08 Å². The van der Waals surface area contributed by atoms with Gasteiger partial charge in [0.05, 0.1) is 16.1 Å². The molecule has 0 fully saturated rings. The molecule has 126 valence electrons. The molecule has 0 bridgehead atoms. The zero-order valence-electron chi connectivity index (χ0n) is 12.7. The third kappa shape index (κ3) is 3.16. The molecule has 0 spiro atoms. The number of carboxylic acid groups (broad SMARTS) is 1. The first-order valence-electron chi connectivity index (χ1n) is 7.27. The van der Waals surface area contributed by atoms with Crippen LogP contribution in [0.25, 0.3) is 17.1 Å². The number of H-pyrrole nitrogens is 1. The predicted molar refractivity (Wildman–Crippen MR) is 95.1 cm³/mol. The SMILES string of the molecule is O=C(O)/C(=C/c1cc2c(cc1Cl)OCO2)Sc1nc2ccccc2[nH]1. The van der Waals surface area contributed by atoms with E-state index < -0.39 is 5.97 Å². The number of rotatable bonds is 4. The number of carbonyl (C=O) groups is 1. The number of aliphatic carboxylic acids is 1. The Morgan fingerprint density at radius 1 is 1.28 bits per heavy atom. The Bertz CT molecular complexity index is 982. The third-order valence-corrected chi connectivity index (χ3v) is 4.79. The minimum Gasteiger partial charge on any atom is -0.477 e. The molecule has 6 nitrogen and oxygen atoms in total.